The van der Waals surface area contributed by atoms with E-state index >= 15 is 0 Å². The van der Waals surface area contributed by atoms with Crippen molar-refractivity contribution in [2.45, 2.75) is 6.92 Å². The van der Waals surface area contributed by atoms with E-state index in [4.69, 9.17) is 16.3 Å². The molecule has 0 radical (unpaired) electrons. The predicted molar refractivity (Wildman–Crippen MR) is 61.3 cm³/mol. The van der Waals surface area contributed by atoms with Gasteiger partial charge in [0.25, 0.3) is 0 Å². The number of ether oxygens (including phenoxy) is 1. The number of rotatable bonds is 2. The maximum atomic E-state index is 5.82. The van der Waals surface area contributed by atoms with Crippen LogP contribution in [-0.2, 0) is 0 Å². The highest BCUT2D eigenvalue weighted by Crippen LogP contribution is 2.21. The third-order valence-corrected chi connectivity index (χ3v) is 1.97. The van der Waals surface area contributed by atoms with Gasteiger partial charge in [-0.05, 0) is 23.0 Å². The Morgan fingerprint density at radius 3 is 3.00 bits per heavy atom. The van der Waals surface area contributed by atoms with Crippen LogP contribution in [0.15, 0.2) is 12.1 Å². The lowest BCUT2D eigenvalue weighted by Gasteiger charge is -2.03. The SMILES string of the molecule is Cc1ccc(OCC#CI)c(Cl)n1. The van der Waals surface area contributed by atoms with Gasteiger partial charge >= 0.3 is 0 Å². The highest BCUT2D eigenvalue weighted by Gasteiger charge is 2.01. The van der Waals surface area contributed by atoms with Gasteiger partial charge in [0, 0.05) is 28.3 Å². The van der Waals surface area contributed by atoms with Crippen LogP contribution >= 0.6 is 34.2 Å². The highest BCUT2D eigenvalue weighted by molar-refractivity contribution is 14.1. The summed E-state index contributed by atoms with van der Waals surface area (Å²) in [7, 11) is 0. The summed E-state index contributed by atoms with van der Waals surface area (Å²) in [6.07, 6.45) is 0. The Morgan fingerprint density at radius 1 is 1.62 bits per heavy atom. The van der Waals surface area contributed by atoms with Crippen molar-refractivity contribution in [3.63, 3.8) is 0 Å². The van der Waals surface area contributed by atoms with Crippen LogP contribution in [0.5, 0.6) is 5.75 Å². The van der Waals surface area contributed by atoms with Gasteiger partial charge in [-0.2, -0.15) is 0 Å². The molecule has 2 nitrogen and oxygen atoms in total. The van der Waals surface area contributed by atoms with Gasteiger partial charge in [0.1, 0.15) is 6.61 Å². The Hall–Kier alpha value is -0.470. The maximum absolute atomic E-state index is 5.82. The van der Waals surface area contributed by atoms with Crippen molar-refractivity contribution in [3.05, 3.63) is 23.0 Å². The molecule has 13 heavy (non-hydrogen) atoms. The van der Waals surface area contributed by atoms with Crippen LogP contribution in [0.1, 0.15) is 5.69 Å². The number of halogens is 2. The summed E-state index contributed by atoms with van der Waals surface area (Å²) in [4.78, 5) is 4.04. The van der Waals surface area contributed by atoms with E-state index in [1.165, 1.54) is 0 Å². The largest absolute Gasteiger partial charge is 0.478 e. The molecule has 0 atom stereocenters. The number of pyridine rings is 1. The third kappa shape index (κ3) is 3.41. The Morgan fingerprint density at radius 2 is 2.38 bits per heavy atom. The molecule has 1 rings (SSSR count). The van der Waals surface area contributed by atoms with Gasteiger partial charge in [-0.15, -0.1) is 0 Å². The lowest BCUT2D eigenvalue weighted by molar-refractivity contribution is 0.369. The third-order valence-electron chi connectivity index (χ3n) is 1.32. The fraction of sp³-hybridized carbons (Fsp3) is 0.222. The molecule has 0 aliphatic rings. The van der Waals surface area contributed by atoms with E-state index in [1.54, 1.807) is 6.07 Å². The first-order valence-electron chi connectivity index (χ1n) is 3.58. The van der Waals surface area contributed by atoms with Crippen LogP contribution in [0, 0.1) is 16.8 Å². The topological polar surface area (TPSA) is 22.1 Å². The van der Waals surface area contributed by atoms with E-state index in [-0.39, 0.29) is 0 Å². The molecule has 1 heterocycles. The minimum absolute atomic E-state index is 0.341. The Labute approximate surface area is 95.8 Å². The van der Waals surface area contributed by atoms with Crippen LogP contribution in [-0.4, -0.2) is 11.6 Å². The molecule has 0 spiro atoms. The summed E-state index contributed by atoms with van der Waals surface area (Å²) >= 11 is 7.78. The summed E-state index contributed by atoms with van der Waals surface area (Å²) in [6.45, 7) is 2.22. The van der Waals surface area contributed by atoms with Gasteiger partial charge in [-0.1, -0.05) is 17.5 Å². The van der Waals surface area contributed by atoms with Gasteiger partial charge in [-0.3, -0.25) is 0 Å². The van der Waals surface area contributed by atoms with Crippen LogP contribution < -0.4 is 4.74 Å². The van der Waals surface area contributed by atoms with Crippen molar-refractivity contribution in [3.8, 4) is 15.6 Å². The minimum atomic E-state index is 0.341. The first kappa shape index (κ1) is 10.6. The molecule has 0 fully saturated rings. The smallest absolute Gasteiger partial charge is 0.171 e. The molecule has 0 amide bonds. The van der Waals surface area contributed by atoms with E-state index in [9.17, 15) is 0 Å². The van der Waals surface area contributed by atoms with Crippen molar-refractivity contribution in [2.24, 2.45) is 0 Å². The Balaban J connectivity index is 2.70. The molecule has 4 heteroatoms. The maximum Gasteiger partial charge on any atom is 0.171 e. The Kier molecular flexibility index (Phi) is 4.33. The molecule has 0 saturated carbocycles. The van der Waals surface area contributed by atoms with Crippen molar-refractivity contribution in [1.82, 2.24) is 4.98 Å². The van der Waals surface area contributed by atoms with Crippen molar-refractivity contribution >= 4 is 34.2 Å². The molecule has 0 aliphatic carbocycles. The van der Waals surface area contributed by atoms with E-state index in [0.29, 0.717) is 17.5 Å². The number of nitrogens with zero attached hydrogens (tertiary/aromatic N) is 1. The average Bonchev–Trinajstić information content (AvgIpc) is 2.09. The molecule has 0 saturated heterocycles. The summed E-state index contributed by atoms with van der Waals surface area (Å²) < 4.78 is 7.96. The average molecular weight is 308 g/mol. The number of aromatic nitrogens is 1. The van der Waals surface area contributed by atoms with E-state index in [0.717, 1.165) is 5.69 Å². The minimum Gasteiger partial charge on any atom is -0.478 e. The monoisotopic (exact) mass is 307 g/mol. The fourth-order valence-electron chi connectivity index (χ4n) is 0.761. The lowest BCUT2D eigenvalue weighted by atomic mass is 10.4. The van der Waals surface area contributed by atoms with E-state index in [2.05, 4.69) is 14.8 Å². The number of aryl methyl sites for hydroxylation is 1. The van der Waals surface area contributed by atoms with Crippen LogP contribution in [0.3, 0.4) is 0 Å². The molecule has 0 N–H and O–H groups in total. The molecule has 68 valence electrons. The summed E-state index contributed by atoms with van der Waals surface area (Å²) in [5.74, 6) is 3.34. The van der Waals surface area contributed by atoms with Crippen molar-refractivity contribution in [2.75, 3.05) is 6.61 Å². The second kappa shape index (κ2) is 5.30. The van der Waals surface area contributed by atoms with Gasteiger partial charge in [-0.25, -0.2) is 4.98 Å². The van der Waals surface area contributed by atoms with E-state index < -0.39 is 0 Å². The summed E-state index contributed by atoms with van der Waals surface area (Å²) in [5.41, 5.74) is 0.873. The van der Waals surface area contributed by atoms with Crippen LogP contribution in [0.4, 0.5) is 0 Å². The van der Waals surface area contributed by atoms with Gasteiger partial charge in [0.05, 0.1) is 0 Å². The Bertz CT molecular complexity index is 356. The summed E-state index contributed by atoms with van der Waals surface area (Å²) in [5, 5.41) is 0.384. The zero-order chi connectivity index (χ0) is 9.68. The second-order valence-electron chi connectivity index (χ2n) is 2.30. The molecular weight excluding hydrogens is 300 g/mol. The van der Waals surface area contributed by atoms with E-state index in [1.807, 2.05) is 35.6 Å². The molecule has 1 aromatic rings. The number of hydrogen-bond acceptors (Lipinski definition) is 2. The van der Waals surface area contributed by atoms with Gasteiger partial charge < -0.3 is 4.74 Å². The fourth-order valence-corrected chi connectivity index (χ4v) is 1.17. The second-order valence-corrected chi connectivity index (χ2v) is 3.20. The standard InChI is InChI=1S/C9H7ClINO/c1-7-3-4-8(9(10)12-7)13-6-2-5-11/h3-4H,6H2,1H3. The molecule has 0 bridgehead atoms. The quantitative estimate of drug-likeness (QED) is 0.476. The first-order chi connectivity index (χ1) is 6.24. The molecule has 0 aliphatic heterocycles. The first-order valence-corrected chi connectivity index (χ1v) is 5.04. The molecule has 0 unspecified atom stereocenters. The molecule has 1 aromatic heterocycles. The van der Waals surface area contributed by atoms with Crippen molar-refractivity contribution in [1.29, 1.82) is 0 Å². The highest BCUT2D eigenvalue weighted by atomic mass is 127. The predicted octanol–water partition coefficient (Wildman–Crippen LogP) is 2.82. The summed E-state index contributed by atoms with van der Waals surface area (Å²) in [6, 6.07) is 3.64. The van der Waals surface area contributed by atoms with Crippen molar-refractivity contribution < 1.29 is 4.74 Å². The lowest BCUT2D eigenvalue weighted by Crippen LogP contribution is -1.95. The zero-order valence-electron chi connectivity index (χ0n) is 6.97. The molecular formula is C9H7ClINO. The van der Waals surface area contributed by atoms with Crippen LogP contribution in [0.2, 0.25) is 5.15 Å². The number of hydrogen-bond donors (Lipinski definition) is 0. The normalized spacial score (nSPS) is 8.85. The van der Waals surface area contributed by atoms with Crippen LogP contribution in [0.25, 0.3) is 0 Å². The van der Waals surface area contributed by atoms with Gasteiger partial charge in [0.15, 0.2) is 10.9 Å². The van der Waals surface area contributed by atoms with Gasteiger partial charge in [0.2, 0.25) is 0 Å². The zero-order valence-corrected chi connectivity index (χ0v) is 9.89. The molecule has 0 aromatic carbocycles.